The van der Waals surface area contributed by atoms with Crippen LogP contribution in [0, 0.1) is 0 Å². The maximum Gasteiger partial charge on any atom is 0.325 e. The largest absolute Gasteiger partial charge is 0.493 e. The molecule has 0 radical (unpaired) electrons. The van der Waals surface area contributed by atoms with Gasteiger partial charge in [-0.2, -0.15) is 0 Å². The number of amides is 1. The number of hydrogen-bond donors (Lipinski definition) is 0. The summed E-state index contributed by atoms with van der Waals surface area (Å²) in [5, 5.41) is 0.701. The Balaban J connectivity index is 2.04. The van der Waals surface area contributed by atoms with Crippen LogP contribution in [-0.4, -0.2) is 49.3 Å². The summed E-state index contributed by atoms with van der Waals surface area (Å²) in [5.74, 6) is 0.222. The molecule has 1 aliphatic rings. The third kappa shape index (κ3) is 4.81. The molecule has 0 spiro atoms. The van der Waals surface area contributed by atoms with Crippen molar-refractivity contribution in [2.24, 2.45) is 0 Å². The molecule has 0 atom stereocenters. The van der Waals surface area contributed by atoms with Crippen molar-refractivity contribution in [3.8, 4) is 11.5 Å². The summed E-state index contributed by atoms with van der Waals surface area (Å²) in [5.41, 5.74) is 1.46. The van der Waals surface area contributed by atoms with Gasteiger partial charge in [0.2, 0.25) is 0 Å². The second-order valence-corrected chi connectivity index (χ2v) is 7.24. The van der Waals surface area contributed by atoms with Gasteiger partial charge in [-0.3, -0.25) is 14.5 Å². The fourth-order valence-electron chi connectivity index (χ4n) is 3.05. The van der Waals surface area contributed by atoms with Gasteiger partial charge in [0, 0.05) is 5.02 Å². The van der Waals surface area contributed by atoms with Crippen LogP contribution >= 0.6 is 23.8 Å². The summed E-state index contributed by atoms with van der Waals surface area (Å²) in [6.07, 6.45) is 1.64. The zero-order valence-corrected chi connectivity index (χ0v) is 18.8. The van der Waals surface area contributed by atoms with E-state index in [0.717, 1.165) is 0 Å². The number of nitrogens with zero attached hydrogens (tertiary/aromatic N) is 2. The lowest BCUT2D eigenvalue weighted by Crippen LogP contribution is -2.35. The number of anilines is 1. The summed E-state index contributed by atoms with van der Waals surface area (Å²) in [6, 6.07) is 12.0. The lowest BCUT2D eigenvalue weighted by atomic mass is 10.1. The standard InChI is InChI=1S/C22H21ClN2O5S/c1-4-30-18-10-5-14(12-19(18)28-2)11-17-21(27)25(16-8-6-15(23)7-9-16)22(31)24(17)13-20(26)29-3/h5-12H,4,13H2,1-3H3/b17-11+. The van der Waals surface area contributed by atoms with Crippen LogP contribution in [0.4, 0.5) is 5.69 Å². The Kier molecular flexibility index (Phi) is 7.14. The molecule has 0 N–H and O–H groups in total. The zero-order chi connectivity index (χ0) is 22.5. The average molecular weight is 461 g/mol. The van der Waals surface area contributed by atoms with E-state index in [1.807, 2.05) is 6.92 Å². The van der Waals surface area contributed by atoms with Crippen LogP contribution in [0.3, 0.4) is 0 Å². The Bertz CT molecular complexity index is 1040. The van der Waals surface area contributed by atoms with Crippen LogP contribution in [0.25, 0.3) is 6.08 Å². The molecule has 0 saturated carbocycles. The van der Waals surface area contributed by atoms with Crippen molar-refractivity contribution in [3.05, 3.63) is 58.7 Å². The van der Waals surface area contributed by atoms with E-state index < -0.39 is 5.97 Å². The van der Waals surface area contributed by atoms with E-state index in [2.05, 4.69) is 0 Å². The molecule has 7 nitrogen and oxygen atoms in total. The summed E-state index contributed by atoms with van der Waals surface area (Å²) >= 11 is 11.5. The van der Waals surface area contributed by atoms with Crippen molar-refractivity contribution in [1.82, 2.24) is 4.90 Å². The van der Waals surface area contributed by atoms with E-state index >= 15 is 0 Å². The number of benzene rings is 2. The van der Waals surface area contributed by atoms with Crippen molar-refractivity contribution in [3.63, 3.8) is 0 Å². The second kappa shape index (κ2) is 9.80. The Labute approximate surface area is 190 Å². The fraction of sp³-hybridized carbons (Fsp3) is 0.227. The lowest BCUT2D eigenvalue weighted by molar-refractivity contribution is -0.140. The van der Waals surface area contributed by atoms with E-state index in [1.165, 1.54) is 24.0 Å². The van der Waals surface area contributed by atoms with Crippen molar-refractivity contribution < 1.29 is 23.8 Å². The Morgan fingerprint density at radius 3 is 2.45 bits per heavy atom. The highest BCUT2D eigenvalue weighted by molar-refractivity contribution is 7.80. The molecule has 1 amide bonds. The molecule has 1 fully saturated rings. The molecular formula is C22H21ClN2O5S. The predicted molar refractivity (Wildman–Crippen MR) is 122 cm³/mol. The summed E-state index contributed by atoms with van der Waals surface area (Å²) in [7, 11) is 2.82. The maximum atomic E-state index is 13.3. The normalized spacial score (nSPS) is 14.9. The van der Waals surface area contributed by atoms with Crippen molar-refractivity contribution in [2.75, 3.05) is 32.3 Å². The van der Waals surface area contributed by atoms with Crippen molar-refractivity contribution in [2.45, 2.75) is 6.92 Å². The van der Waals surface area contributed by atoms with Gasteiger partial charge in [-0.15, -0.1) is 0 Å². The molecule has 1 aliphatic heterocycles. The first kappa shape index (κ1) is 22.6. The summed E-state index contributed by atoms with van der Waals surface area (Å²) in [6.45, 7) is 2.17. The molecule has 0 unspecified atom stereocenters. The van der Waals surface area contributed by atoms with Crippen LogP contribution in [-0.2, 0) is 14.3 Å². The number of hydrogen-bond acceptors (Lipinski definition) is 6. The number of halogens is 1. The third-order valence-electron chi connectivity index (χ3n) is 4.53. The van der Waals surface area contributed by atoms with E-state index in [4.69, 9.17) is 38.0 Å². The first-order valence-electron chi connectivity index (χ1n) is 9.40. The third-order valence-corrected chi connectivity index (χ3v) is 5.18. The first-order chi connectivity index (χ1) is 14.9. The minimum absolute atomic E-state index is 0.168. The van der Waals surface area contributed by atoms with Crippen LogP contribution in [0.5, 0.6) is 11.5 Å². The van der Waals surface area contributed by atoms with Gasteiger partial charge in [-0.1, -0.05) is 17.7 Å². The van der Waals surface area contributed by atoms with Gasteiger partial charge in [-0.25, -0.2) is 0 Å². The van der Waals surface area contributed by atoms with Gasteiger partial charge in [-0.05, 0) is 67.2 Å². The van der Waals surface area contributed by atoms with Crippen LogP contribution in [0.1, 0.15) is 12.5 Å². The minimum Gasteiger partial charge on any atom is -0.493 e. The Morgan fingerprint density at radius 1 is 1.13 bits per heavy atom. The molecule has 0 aromatic heterocycles. The predicted octanol–water partition coefficient (Wildman–Crippen LogP) is 3.89. The molecule has 2 aromatic rings. The molecule has 1 heterocycles. The van der Waals surface area contributed by atoms with Crippen molar-refractivity contribution >= 4 is 52.6 Å². The zero-order valence-electron chi connectivity index (χ0n) is 17.3. The summed E-state index contributed by atoms with van der Waals surface area (Å²) < 4.78 is 15.7. The Hall–Kier alpha value is -3.10. The van der Waals surface area contributed by atoms with E-state index in [9.17, 15) is 9.59 Å². The number of methoxy groups -OCH3 is 2. The summed E-state index contributed by atoms with van der Waals surface area (Å²) in [4.78, 5) is 28.1. The van der Waals surface area contributed by atoms with Crippen molar-refractivity contribution in [1.29, 1.82) is 0 Å². The number of ether oxygens (including phenoxy) is 3. The van der Waals surface area contributed by atoms with Gasteiger partial charge < -0.3 is 19.1 Å². The molecule has 31 heavy (non-hydrogen) atoms. The highest BCUT2D eigenvalue weighted by atomic mass is 35.5. The highest BCUT2D eigenvalue weighted by Gasteiger charge is 2.40. The molecule has 0 aliphatic carbocycles. The van der Waals surface area contributed by atoms with Gasteiger partial charge in [0.05, 0.1) is 26.5 Å². The molecular weight excluding hydrogens is 440 g/mol. The van der Waals surface area contributed by atoms with Gasteiger partial charge >= 0.3 is 5.97 Å². The van der Waals surface area contributed by atoms with Gasteiger partial charge in [0.25, 0.3) is 5.91 Å². The van der Waals surface area contributed by atoms with E-state index in [-0.39, 0.29) is 23.3 Å². The molecule has 3 rings (SSSR count). The van der Waals surface area contributed by atoms with Crippen LogP contribution in [0.2, 0.25) is 5.02 Å². The quantitative estimate of drug-likeness (QED) is 0.352. The molecule has 0 bridgehead atoms. The van der Waals surface area contributed by atoms with Crippen LogP contribution < -0.4 is 14.4 Å². The highest BCUT2D eigenvalue weighted by Crippen LogP contribution is 2.32. The monoisotopic (exact) mass is 460 g/mol. The van der Waals surface area contributed by atoms with Gasteiger partial charge in [0.15, 0.2) is 16.6 Å². The average Bonchev–Trinajstić information content (AvgIpc) is 2.99. The number of esters is 1. The number of rotatable bonds is 7. The first-order valence-corrected chi connectivity index (χ1v) is 10.2. The van der Waals surface area contributed by atoms with E-state index in [0.29, 0.717) is 34.4 Å². The smallest absolute Gasteiger partial charge is 0.325 e. The topological polar surface area (TPSA) is 68.3 Å². The SMILES string of the molecule is CCOc1ccc(/C=C2\C(=O)N(c3ccc(Cl)cc3)C(=S)N2CC(=O)OC)cc1OC. The number of thiocarbonyl (C=S) groups is 1. The lowest BCUT2D eigenvalue weighted by Gasteiger charge is -2.19. The number of carbonyl (C=O) groups is 2. The fourth-order valence-corrected chi connectivity index (χ4v) is 3.53. The molecule has 162 valence electrons. The molecule has 9 heteroatoms. The molecule has 1 saturated heterocycles. The minimum atomic E-state index is -0.525. The van der Waals surface area contributed by atoms with Gasteiger partial charge in [0.1, 0.15) is 12.2 Å². The Morgan fingerprint density at radius 2 is 1.84 bits per heavy atom. The van der Waals surface area contributed by atoms with Crippen LogP contribution in [0.15, 0.2) is 48.2 Å². The number of carbonyl (C=O) groups excluding carboxylic acids is 2. The second-order valence-electron chi connectivity index (χ2n) is 6.43. The van der Waals surface area contributed by atoms with E-state index in [1.54, 1.807) is 48.5 Å². The molecule has 2 aromatic carbocycles. The maximum absolute atomic E-state index is 13.3.